The molecule has 31 heavy (non-hydrogen) atoms. The summed E-state index contributed by atoms with van der Waals surface area (Å²) in [5.74, 6) is -2.12. The van der Waals surface area contributed by atoms with Crippen LogP contribution >= 0.6 is 0 Å². The number of amides is 3. The zero-order valence-corrected chi connectivity index (χ0v) is 16.6. The van der Waals surface area contributed by atoms with E-state index in [1.54, 1.807) is 48.5 Å². The number of aryl methyl sites for hydroxylation is 1. The number of carbonyl (C=O) groups is 4. The molecule has 0 unspecified atom stereocenters. The normalized spacial score (nSPS) is 12.5. The molecular weight excluding hydrogens is 396 g/mol. The highest BCUT2D eigenvalue weighted by Gasteiger charge is 2.36. The quantitative estimate of drug-likeness (QED) is 0.509. The number of fused-ring (bicyclic) bond motifs is 1. The van der Waals surface area contributed by atoms with Gasteiger partial charge in [0.15, 0.2) is 6.61 Å². The first-order valence-electron chi connectivity index (χ1n) is 9.55. The molecule has 1 aliphatic heterocycles. The summed E-state index contributed by atoms with van der Waals surface area (Å²) in [7, 11) is 0. The summed E-state index contributed by atoms with van der Waals surface area (Å²) in [5.41, 5.74) is 2.59. The smallest absolute Gasteiger partial charge is 0.338 e. The number of hydrogen-bond donors (Lipinski definition) is 1. The number of rotatable bonds is 5. The third kappa shape index (κ3) is 4.06. The van der Waals surface area contributed by atoms with Crippen LogP contribution in [0.3, 0.4) is 0 Å². The highest BCUT2D eigenvalue weighted by molar-refractivity contribution is 6.34. The molecule has 0 saturated heterocycles. The Labute approximate surface area is 178 Å². The van der Waals surface area contributed by atoms with Crippen LogP contribution in [0.4, 0.5) is 11.4 Å². The van der Waals surface area contributed by atoms with E-state index in [0.29, 0.717) is 16.8 Å². The molecule has 0 fully saturated rings. The van der Waals surface area contributed by atoms with E-state index < -0.39 is 30.3 Å². The fraction of sp³-hybridized carbons (Fsp3) is 0.0833. The Balaban J connectivity index is 1.44. The lowest BCUT2D eigenvalue weighted by molar-refractivity contribution is -0.119. The molecule has 1 aliphatic rings. The van der Waals surface area contributed by atoms with Gasteiger partial charge in [-0.05, 0) is 55.0 Å². The van der Waals surface area contributed by atoms with Gasteiger partial charge in [0.1, 0.15) is 0 Å². The molecule has 7 nitrogen and oxygen atoms in total. The van der Waals surface area contributed by atoms with Gasteiger partial charge in [0, 0.05) is 5.69 Å². The Kier molecular flexibility index (Phi) is 5.32. The molecule has 1 heterocycles. The second-order valence-corrected chi connectivity index (χ2v) is 7.04. The van der Waals surface area contributed by atoms with E-state index in [1.807, 2.05) is 19.1 Å². The van der Waals surface area contributed by atoms with Gasteiger partial charge in [-0.2, -0.15) is 0 Å². The SMILES string of the molecule is Cc1cccc(NC(=O)COC(=O)c2cccc(N3C(=O)c4ccccc4C3=O)c2)c1. The van der Waals surface area contributed by atoms with E-state index in [-0.39, 0.29) is 11.3 Å². The third-order valence-electron chi connectivity index (χ3n) is 4.77. The van der Waals surface area contributed by atoms with Crippen LogP contribution in [-0.2, 0) is 9.53 Å². The minimum Gasteiger partial charge on any atom is -0.452 e. The molecule has 0 aliphatic carbocycles. The van der Waals surface area contributed by atoms with Crippen LogP contribution in [0.1, 0.15) is 36.6 Å². The van der Waals surface area contributed by atoms with Gasteiger partial charge in [-0.1, -0.05) is 30.3 Å². The Morgan fingerprint density at radius 2 is 1.55 bits per heavy atom. The van der Waals surface area contributed by atoms with Gasteiger partial charge in [0.2, 0.25) is 0 Å². The molecule has 0 bridgehead atoms. The highest BCUT2D eigenvalue weighted by atomic mass is 16.5. The van der Waals surface area contributed by atoms with Crippen LogP contribution in [-0.4, -0.2) is 30.3 Å². The highest BCUT2D eigenvalue weighted by Crippen LogP contribution is 2.28. The van der Waals surface area contributed by atoms with Crippen LogP contribution in [0.5, 0.6) is 0 Å². The first kappa shape index (κ1) is 20.0. The largest absolute Gasteiger partial charge is 0.452 e. The van der Waals surface area contributed by atoms with E-state index >= 15 is 0 Å². The van der Waals surface area contributed by atoms with E-state index in [2.05, 4.69) is 5.32 Å². The van der Waals surface area contributed by atoms with Crippen molar-refractivity contribution in [1.29, 1.82) is 0 Å². The lowest BCUT2D eigenvalue weighted by atomic mass is 10.1. The maximum atomic E-state index is 12.6. The average molecular weight is 414 g/mol. The summed E-state index contributed by atoms with van der Waals surface area (Å²) in [6.45, 7) is 1.43. The number of anilines is 2. The first-order chi connectivity index (χ1) is 14.9. The van der Waals surface area contributed by atoms with E-state index in [0.717, 1.165) is 10.5 Å². The molecule has 3 amide bonds. The second kappa shape index (κ2) is 8.23. The van der Waals surface area contributed by atoms with Crippen molar-refractivity contribution < 1.29 is 23.9 Å². The van der Waals surface area contributed by atoms with Gasteiger partial charge in [0.05, 0.1) is 22.4 Å². The Morgan fingerprint density at radius 3 is 2.23 bits per heavy atom. The topological polar surface area (TPSA) is 92.8 Å². The minimum atomic E-state index is -0.738. The predicted molar refractivity (Wildman–Crippen MR) is 114 cm³/mol. The Bertz CT molecular complexity index is 1180. The van der Waals surface area contributed by atoms with Gasteiger partial charge in [-0.15, -0.1) is 0 Å². The molecule has 3 aromatic rings. The molecular formula is C24H18N2O5. The summed E-state index contributed by atoms with van der Waals surface area (Å²) in [4.78, 5) is 50.8. The zero-order valence-electron chi connectivity index (χ0n) is 16.6. The van der Waals surface area contributed by atoms with Crippen LogP contribution in [0.25, 0.3) is 0 Å². The monoisotopic (exact) mass is 414 g/mol. The summed E-state index contributed by atoms with van der Waals surface area (Å²) in [6.07, 6.45) is 0. The van der Waals surface area contributed by atoms with Gasteiger partial charge < -0.3 is 10.1 Å². The number of hydrogen-bond acceptors (Lipinski definition) is 5. The van der Waals surface area contributed by atoms with Crippen LogP contribution in [0.2, 0.25) is 0 Å². The molecule has 0 spiro atoms. The van der Waals surface area contributed by atoms with Crippen molar-refractivity contribution in [3.05, 3.63) is 95.1 Å². The fourth-order valence-corrected chi connectivity index (χ4v) is 3.33. The zero-order chi connectivity index (χ0) is 22.0. The average Bonchev–Trinajstić information content (AvgIpc) is 3.02. The summed E-state index contributed by atoms with van der Waals surface area (Å²) in [6, 6.07) is 19.8. The van der Waals surface area contributed by atoms with Crippen LogP contribution in [0.15, 0.2) is 72.8 Å². The van der Waals surface area contributed by atoms with Crippen molar-refractivity contribution >= 4 is 35.1 Å². The standard InChI is InChI=1S/C24H18N2O5/c1-15-6-4-8-17(12-15)25-21(27)14-31-24(30)16-7-5-9-18(13-16)26-22(28)19-10-2-3-11-20(19)23(26)29/h2-13H,14H2,1H3,(H,25,27). The lowest BCUT2D eigenvalue weighted by Gasteiger charge is -2.15. The molecule has 0 aromatic heterocycles. The number of ether oxygens (including phenoxy) is 1. The van der Waals surface area contributed by atoms with E-state index in [1.165, 1.54) is 12.1 Å². The number of imide groups is 1. The number of esters is 1. The molecule has 4 rings (SSSR count). The number of nitrogens with zero attached hydrogens (tertiary/aromatic N) is 1. The Hall–Kier alpha value is -4.26. The van der Waals surface area contributed by atoms with Crippen LogP contribution in [0, 0.1) is 6.92 Å². The molecule has 0 radical (unpaired) electrons. The predicted octanol–water partition coefficient (Wildman–Crippen LogP) is 3.59. The maximum Gasteiger partial charge on any atom is 0.338 e. The molecule has 154 valence electrons. The summed E-state index contributed by atoms with van der Waals surface area (Å²) in [5, 5.41) is 2.65. The number of carbonyl (C=O) groups excluding carboxylic acids is 4. The maximum absolute atomic E-state index is 12.6. The molecule has 0 saturated carbocycles. The van der Waals surface area contributed by atoms with Crippen molar-refractivity contribution in [2.45, 2.75) is 6.92 Å². The lowest BCUT2D eigenvalue weighted by Crippen LogP contribution is -2.29. The molecule has 7 heteroatoms. The van der Waals surface area contributed by atoms with Gasteiger partial charge >= 0.3 is 5.97 Å². The fourth-order valence-electron chi connectivity index (χ4n) is 3.33. The van der Waals surface area contributed by atoms with E-state index in [9.17, 15) is 19.2 Å². The van der Waals surface area contributed by atoms with Gasteiger partial charge in [-0.25, -0.2) is 9.69 Å². The van der Waals surface area contributed by atoms with Crippen LogP contribution < -0.4 is 10.2 Å². The first-order valence-corrected chi connectivity index (χ1v) is 9.55. The van der Waals surface area contributed by atoms with Gasteiger partial charge in [-0.3, -0.25) is 14.4 Å². The molecule has 3 aromatic carbocycles. The van der Waals surface area contributed by atoms with E-state index in [4.69, 9.17) is 4.74 Å². The Morgan fingerprint density at radius 1 is 0.871 bits per heavy atom. The van der Waals surface area contributed by atoms with Gasteiger partial charge in [0.25, 0.3) is 17.7 Å². The van der Waals surface area contributed by atoms with Crippen molar-refractivity contribution in [3.8, 4) is 0 Å². The third-order valence-corrected chi connectivity index (χ3v) is 4.77. The second-order valence-electron chi connectivity index (χ2n) is 7.04. The molecule has 1 N–H and O–H groups in total. The number of benzene rings is 3. The van der Waals surface area contributed by atoms with Crippen molar-refractivity contribution in [1.82, 2.24) is 0 Å². The van der Waals surface area contributed by atoms with Crippen molar-refractivity contribution in [2.75, 3.05) is 16.8 Å². The number of nitrogens with one attached hydrogen (secondary N) is 1. The molecule has 0 atom stereocenters. The van der Waals surface area contributed by atoms with Crippen molar-refractivity contribution in [3.63, 3.8) is 0 Å². The summed E-state index contributed by atoms with van der Waals surface area (Å²) >= 11 is 0. The summed E-state index contributed by atoms with van der Waals surface area (Å²) < 4.78 is 5.09. The minimum absolute atomic E-state index is 0.123. The van der Waals surface area contributed by atoms with Crippen molar-refractivity contribution in [2.24, 2.45) is 0 Å².